The number of aromatic nitrogens is 4. The summed E-state index contributed by atoms with van der Waals surface area (Å²) in [4.78, 5) is 0. The maximum Gasteiger partial charge on any atom is 0.160 e. The molecule has 0 N–H and O–H groups in total. The highest BCUT2D eigenvalue weighted by atomic mass is 32.1. The van der Waals surface area contributed by atoms with Gasteiger partial charge in [0.2, 0.25) is 0 Å². The van der Waals surface area contributed by atoms with Crippen molar-refractivity contribution < 1.29 is 17.7 Å². The molecule has 0 fully saturated rings. The SMILES string of the molecule is c1ccc2c(c1)ccc1c2c2ccc3c4ccccc4oc3c2n1-c1ccc2c(c1)sc1ccccc12.c1ccc2c(c1)oc1c2c2ccccc2c2c1c1ccccc1n2-c1ccc2c(c1)sc1ccccc12.c1ccc2c(c1)oc1c2c2ccccc2c2c3ccccc3n(-c3ccc4c(c3)sc3ccccc34)c12.c1ccc2cc3c(cc2c1)c1cc2oc4ccccc4c2cc1n3-c1ccc2c(c1)sc1ccccc12. The lowest BCUT2D eigenvalue weighted by Gasteiger charge is -2.11. The van der Waals surface area contributed by atoms with Crippen LogP contribution in [0.25, 0.3) is 322 Å². The number of para-hydroxylation sites is 6. The van der Waals surface area contributed by atoms with E-state index in [1.165, 1.54) is 228 Å². The van der Waals surface area contributed by atoms with Gasteiger partial charge in [0.15, 0.2) is 11.2 Å². The number of rotatable bonds is 4. The number of hydrogen-bond acceptors (Lipinski definition) is 8. The first-order valence-corrected chi connectivity index (χ1v) is 53.4. The summed E-state index contributed by atoms with van der Waals surface area (Å²) < 4.78 is 46.4. The van der Waals surface area contributed by atoms with Crippen LogP contribution in [0.15, 0.2) is 479 Å². The molecule has 0 unspecified atom stereocenters. The number of thiophene rings is 4. The zero-order valence-corrected chi connectivity index (χ0v) is 82.2. The van der Waals surface area contributed by atoms with Crippen molar-refractivity contribution in [2.24, 2.45) is 0 Å². The van der Waals surface area contributed by atoms with Crippen molar-refractivity contribution in [2.75, 3.05) is 0 Å². The molecule has 8 nitrogen and oxygen atoms in total. The van der Waals surface area contributed by atoms with Gasteiger partial charge in [-0.15, -0.1) is 45.3 Å². The largest absolute Gasteiger partial charge is 0.456 e. The van der Waals surface area contributed by atoms with Gasteiger partial charge in [0.05, 0.1) is 49.5 Å². The van der Waals surface area contributed by atoms with Gasteiger partial charge >= 0.3 is 0 Å². The van der Waals surface area contributed by atoms with E-state index in [9.17, 15) is 0 Å². The van der Waals surface area contributed by atoms with Crippen LogP contribution in [0.1, 0.15) is 0 Å². The summed E-state index contributed by atoms with van der Waals surface area (Å²) >= 11 is 7.44. The van der Waals surface area contributed by atoms with Gasteiger partial charge in [-0.05, 0) is 183 Å². The van der Waals surface area contributed by atoms with Crippen molar-refractivity contribution in [1.29, 1.82) is 0 Å². The lowest BCUT2D eigenvalue weighted by molar-refractivity contribution is 0.669. The Hall–Kier alpha value is -18.4. The zero-order chi connectivity index (χ0) is 96.3. The molecule has 36 aromatic rings. The minimum absolute atomic E-state index is 0.923. The van der Waals surface area contributed by atoms with E-state index in [-0.39, 0.29) is 0 Å². The Morgan fingerprint density at radius 3 is 1.02 bits per heavy atom. The van der Waals surface area contributed by atoms with Crippen molar-refractivity contribution in [3.8, 4) is 22.7 Å². The molecule has 0 radical (unpaired) electrons. The lowest BCUT2D eigenvalue weighted by atomic mass is 9.99. The van der Waals surface area contributed by atoms with Crippen LogP contribution < -0.4 is 0 Å². The first kappa shape index (κ1) is 82.1. The van der Waals surface area contributed by atoms with Gasteiger partial charge in [0, 0.05) is 190 Å². The molecule has 0 saturated carbocycles. The topological polar surface area (TPSA) is 72.3 Å². The van der Waals surface area contributed by atoms with Crippen LogP contribution in [0.4, 0.5) is 0 Å². The van der Waals surface area contributed by atoms with Crippen molar-refractivity contribution >= 4 is 344 Å². The maximum atomic E-state index is 6.68. The van der Waals surface area contributed by atoms with Crippen molar-refractivity contribution in [3.63, 3.8) is 0 Å². The Labute approximate surface area is 856 Å². The summed E-state index contributed by atoms with van der Waals surface area (Å²) in [6.45, 7) is 0. The van der Waals surface area contributed by atoms with Crippen molar-refractivity contribution in [2.45, 2.75) is 0 Å². The number of nitrogens with zero attached hydrogens (tertiary/aromatic N) is 4. The molecular weight excluding hydrogens is 1880 g/mol. The lowest BCUT2D eigenvalue weighted by Crippen LogP contribution is -1.94. The van der Waals surface area contributed by atoms with Gasteiger partial charge in [-0.2, -0.15) is 0 Å². The molecule has 688 valence electrons. The summed E-state index contributed by atoms with van der Waals surface area (Å²) in [5.41, 5.74) is 21.6. The van der Waals surface area contributed by atoms with Gasteiger partial charge in [-0.25, -0.2) is 0 Å². The molecule has 0 saturated heterocycles. The van der Waals surface area contributed by atoms with E-state index >= 15 is 0 Å². The molecule has 0 bridgehead atoms. The summed E-state index contributed by atoms with van der Waals surface area (Å²) in [5.74, 6) is 0. The molecule has 0 atom stereocenters. The van der Waals surface area contributed by atoms with Crippen LogP contribution in [0, 0.1) is 0 Å². The van der Waals surface area contributed by atoms with E-state index in [1.807, 2.05) is 63.5 Å². The minimum atomic E-state index is 0.923. The molecule has 0 aliphatic carbocycles. The average molecular weight is 1960 g/mol. The molecule has 12 heteroatoms. The second-order valence-electron chi connectivity index (χ2n) is 38.9. The van der Waals surface area contributed by atoms with Gasteiger partial charge in [-0.3, -0.25) is 0 Å². The molecule has 36 rings (SSSR count). The molecule has 0 spiro atoms. The number of fused-ring (bicyclic) bond motifs is 48. The Morgan fingerprint density at radius 1 is 0.135 bits per heavy atom. The number of hydrogen-bond donors (Lipinski definition) is 0. The van der Waals surface area contributed by atoms with Crippen molar-refractivity contribution in [1.82, 2.24) is 18.3 Å². The van der Waals surface area contributed by atoms with Gasteiger partial charge in [0.25, 0.3) is 0 Å². The fourth-order valence-electron chi connectivity index (χ4n) is 24.7. The third-order valence-corrected chi connectivity index (χ3v) is 35.6. The molecule has 0 amide bonds. The van der Waals surface area contributed by atoms with Crippen LogP contribution in [0.3, 0.4) is 0 Å². The van der Waals surface area contributed by atoms with Crippen LogP contribution in [0.5, 0.6) is 0 Å². The summed E-state index contributed by atoms with van der Waals surface area (Å²) in [6.07, 6.45) is 0. The van der Waals surface area contributed by atoms with E-state index in [2.05, 4.69) is 461 Å². The molecule has 148 heavy (non-hydrogen) atoms. The minimum Gasteiger partial charge on any atom is -0.456 e. The third-order valence-electron chi connectivity index (χ3n) is 31.1. The Balaban J connectivity index is 0.0000000859. The standard InChI is InChI=1S/4C34H19NOS/c1-2-11-24-23(10-1)31-26-13-4-7-15-28(26)36-34(31)32-25-12-3-6-14-27(25)35(33(24)32)20-17-18-22-21-9-5-8-16-29(21)37-30(22)19-20;1-2-11-24-23(10-1)31-25-12-3-6-14-27(25)35(33(31)34-32(24)26-13-4-7-15-28(26)36-34)20-17-18-22-21-9-5-8-16-29(21)37-30(22)19-20;1-2-8-22-20(7-1)13-18-28-32(22)27-17-16-26-23-9-3-5-11-29(23)36-34(26)33(27)35(28)21-14-15-25-24-10-4-6-12-30(24)37-31(25)19-21;1-2-8-21-16-29-26(15-20(21)7-1)27-19-32-28(23-9-3-5-11-31(23)36-32)18-30(27)35(29)22-13-14-25-24-10-4-6-12-33(24)37-34(25)17-22/h4*1-19H. The van der Waals surface area contributed by atoms with Gasteiger partial charge in [-0.1, -0.05) is 315 Å². The van der Waals surface area contributed by atoms with Crippen LogP contribution >= 0.6 is 45.3 Å². The van der Waals surface area contributed by atoms with Gasteiger partial charge < -0.3 is 35.9 Å². The highest BCUT2D eigenvalue weighted by molar-refractivity contribution is 7.27. The van der Waals surface area contributed by atoms with Crippen LogP contribution in [0.2, 0.25) is 0 Å². The molecule has 0 aliphatic heterocycles. The monoisotopic (exact) mass is 1960 g/mol. The molecule has 12 heterocycles. The van der Waals surface area contributed by atoms with E-state index in [0.717, 1.165) is 94.0 Å². The first-order chi connectivity index (χ1) is 73.4. The smallest absolute Gasteiger partial charge is 0.160 e. The van der Waals surface area contributed by atoms with Crippen molar-refractivity contribution in [3.05, 3.63) is 461 Å². The quantitative estimate of drug-likeness (QED) is 0.176. The highest BCUT2D eigenvalue weighted by Crippen LogP contribution is 2.53. The number of benzene rings is 24. The number of furan rings is 4. The summed E-state index contributed by atoms with van der Waals surface area (Å²) in [6, 6.07) is 166. The summed E-state index contributed by atoms with van der Waals surface area (Å²) in [7, 11) is 0. The molecule has 12 aromatic heterocycles. The first-order valence-electron chi connectivity index (χ1n) is 50.1. The Bertz CT molecular complexity index is 12000. The zero-order valence-electron chi connectivity index (χ0n) is 78.9. The normalized spacial score (nSPS) is 12.3. The third kappa shape index (κ3) is 12.0. The van der Waals surface area contributed by atoms with E-state index < -0.39 is 0 Å². The van der Waals surface area contributed by atoms with Crippen LogP contribution in [-0.2, 0) is 0 Å². The Kier molecular flexibility index (Phi) is 17.5. The predicted molar refractivity (Wildman–Crippen MR) is 634 cm³/mol. The fourth-order valence-corrected chi connectivity index (χ4v) is 29.3. The highest BCUT2D eigenvalue weighted by Gasteiger charge is 2.29. The fraction of sp³-hybridized carbons (Fsp3) is 0. The van der Waals surface area contributed by atoms with E-state index in [1.54, 1.807) is 0 Å². The maximum absolute atomic E-state index is 6.68. The van der Waals surface area contributed by atoms with Crippen LogP contribution in [-0.4, -0.2) is 18.3 Å². The Morgan fingerprint density at radius 2 is 0.480 bits per heavy atom. The second-order valence-corrected chi connectivity index (χ2v) is 43.3. The predicted octanol–water partition coefficient (Wildman–Crippen LogP) is 40.8. The van der Waals surface area contributed by atoms with Gasteiger partial charge in [0.1, 0.15) is 33.5 Å². The van der Waals surface area contributed by atoms with E-state index in [4.69, 9.17) is 17.7 Å². The average Bonchev–Trinajstić information content (AvgIpc) is 1.54. The van der Waals surface area contributed by atoms with E-state index in [0.29, 0.717) is 0 Å². The second kappa shape index (κ2) is 31.6. The molecule has 24 aromatic carbocycles. The summed E-state index contributed by atoms with van der Waals surface area (Å²) in [5, 5.41) is 39.7. The molecular formula is C136H76N4O4S4. The molecule has 0 aliphatic rings.